The molecule has 7 nitrogen and oxygen atoms in total. The molecule has 7 heteroatoms. The molecule has 174 valence electrons. The van der Waals surface area contributed by atoms with E-state index in [1.54, 1.807) is 13.0 Å². The topological polar surface area (TPSA) is 84.7 Å². The molecule has 0 unspecified atom stereocenters. The van der Waals surface area contributed by atoms with E-state index in [0.29, 0.717) is 11.5 Å². The van der Waals surface area contributed by atoms with E-state index in [1.807, 2.05) is 55.5 Å². The Labute approximate surface area is 198 Å². The summed E-state index contributed by atoms with van der Waals surface area (Å²) in [6.07, 6.45) is 0.0632. The van der Waals surface area contributed by atoms with E-state index in [2.05, 4.69) is 39.5 Å². The van der Waals surface area contributed by atoms with Crippen LogP contribution in [0.25, 0.3) is 21.8 Å². The molecule has 0 fully saturated rings. The van der Waals surface area contributed by atoms with Crippen molar-refractivity contribution in [3.63, 3.8) is 0 Å². The SMILES string of the molecule is CCn1c2ccccc2c2cc(NC(=O)CC(C)=NNC(=O)COc3ccccc3C)ccc21. The van der Waals surface area contributed by atoms with Crippen LogP contribution in [-0.4, -0.2) is 28.7 Å². The number of nitrogens with one attached hydrogen (secondary N) is 2. The molecular formula is C27H28N4O3. The van der Waals surface area contributed by atoms with Gasteiger partial charge in [0.1, 0.15) is 5.75 Å². The highest BCUT2D eigenvalue weighted by molar-refractivity contribution is 6.11. The Morgan fingerprint density at radius 1 is 0.941 bits per heavy atom. The highest BCUT2D eigenvalue weighted by Gasteiger charge is 2.11. The summed E-state index contributed by atoms with van der Waals surface area (Å²) in [6, 6.07) is 21.7. The summed E-state index contributed by atoms with van der Waals surface area (Å²) in [5.41, 5.74) is 6.91. The lowest BCUT2D eigenvalue weighted by molar-refractivity contribution is -0.123. The summed E-state index contributed by atoms with van der Waals surface area (Å²) >= 11 is 0. The molecule has 0 bridgehead atoms. The fraction of sp³-hybridized carbons (Fsp3) is 0.222. The van der Waals surface area contributed by atoms with Gasteiger partial charge in [0.15, 0.2) is 6.61 Å². The average molecular weight is 457 g/mol. The van der Waals surface area contributed by atoms with Gasteiger partial charge in [-0.1, -0.05) is 36.4 Å². The lowest BCUT2D eigenvalue weighted by Gasteiger charge is -2.08. The van der Waals surface area contributed by atoms with Gasteiger partial charge < -0.3 is 14.6 Å². The van der Waals surface area contributed by atoms with Crippen LogP contribution in [0.1, 0.15) is 25.8 Å². The maximum Gasteiger partial charge on any atom is 0.277 e. The maximum absolute atomic E-state index is 12.5. The van der Waals surface area contributed by atoms with Gasteiger partial charge >= 0.3 is 0 Å². The smallest absolute Gasteiger partial charge is 0.277 e. The van der Waals surface area contributed by atoms with Gasteiger partial charge in [-0.2, -0.15) is 5.10 Å². The zero-order chi connectivity index (χ0) is 24.1. The first-order valence-electron chi connectivity index (χ1n) is 11.3. The molecule has 0 aliphatic heterocycles. The predicted molar refractivity (Wildman–Crippen MR) is 136 cm³/mol. The Bertz CT molecular complexity index is 1390. The van der Waals surface area contributed by atoms with Crippen LogP contribution in [0.3, 0.4) is 0 Å². The molecule has 0 saturated carbocycles. The summed E-state index contributed by atoms with van der Waals surface area (Å²) in [5, 5.41) is 9.20. The fourth-order valence-corrected chi connectivity index (χ4v) is 4.00. The molecule has 4 rings (SSSR count). The van der Waals surface area contributed by atoms with E-state index in [9.17, 15) is 9.59 Å². The summed E-state index contributed by atoms with van der Waals surface area (Å²) in [5.74, 6) is 0.0581. The van der Waals surface area contributed by atoms with Crippen LogP contribution in [-0.2, 0) is 16.1 Å². The lowest BCUT2D eigenvalue weighted by atomic mass is 10.1. The van der Waals surface area contributed by atoms with Crippen molar-refractivity contribution in [3.8, 4) is 5.75 Å². The van der Waals surface area contributed by atoms with E-state index in [0.717, 1.165) is 34.1 Å². The average Bonchev–Trinajstić information content (AvgIpc) is 3.15. The van der Waals surface area contributed by atoms with Gasteiger partial charge in [-0.3, -0.25) is 9.59 Å². The van der Waals surface area contributed by atoms with Crippen molar-refractivity contribution >= 4 is 45.0 Å². The monoisotopic (exact) mass is 456 g/mol. The van der Waals surface area contributed by atoms with Crippen molar-refractivity contribution in [2.24, 2.45) is 5.10 Å². The third-order valence-corrected chi connectivity index (χ3v) is 5.61. The quantitative estimate of drug-likeness (QED) is 0.288. The fourth-order valence-electron chi connectivity index (χ4n) is 4.00. The minimum atomic E-state index is -0.388. The number of hydrogen-bond donors (Lipinski definition) is 2. The Morgan fingerprint density at radius 3 is 2.47 bits per heavy atom. The number of hydrogen-bond acceptors (Lipinski definition) is 4. The number of aryl methyl sites for hydroxylation is 2. The highest BCUT2D eigenvalue weighted by atomic mass is 16.5. The minimum Gasteiger partial charge on any atom is -0.483 e. The minimum absolute atomic E-state index is 0.0632. The number of aromatic nitrogens is 1. The standard InChI is InChI=1S/C27H28N4O3/c1-4-31-23-11-7-6-10-21(23)22-16-20(13-14-24(22)31)28-26(32)15-19(3)29-30-27(33)17-34-25-12-8-5-9-18(25)2/h5-14,16H,4,15,17H2,1-3H3,(H,28,32)(H,30,33). The summed E-state index contributed by atoms with van der Waals surface area (Å²) < 4.78 is 7.77. The van der Waals surface area contributed by atoms with Gasteiger partial charge in [0.25, 0.3) is 5.91 Å². The molecule has 1 aromatic heterocycles. The van der Waals surface area contributed by atoms with Crippen LogP contribution in [0.4, 0.5) is 5.69 Å². The number of anilines is 1. The largest absolute Gasteiger partial charge is 0.483 e. The van der Waals surface area contributed by atoms with Crippen molar-refractivity contribution in [1.82, 2.24) is 9.99 Å². The predicted octanol–water partition coefficient (Wildman–Crippen LogP) is 5.02. The van der Waals surface area contributed by atoms with Gasteiger partial charge in [0, 0.05) is 39.7 Å². The summed E-state index contributed by atoms with van der Waals surface area (Å²) in [6.45, 7) is 6.44. The number of nitrogens with zero attached hydrogens (tertiary/aromatic N) is 2. The number of benzene rings is 3. The summed E-state index contributed by atoms with van der Waals surface area (Å²) in [4.78, 5) is 24.6. The van der Waals surface area contributed by atoms with Gasteiger partial charge in [-0.15, -0.1) is 0 Å². The van der Waals surface area contributed by atoms with Gasteiger partial charge in [-0.25, -0.2) is 5.43 Å². The molecule has 2 N–H and O–H groups in total. The zero-order valence-electron chi connectivity index (χ0n) is 19.6. The molecule has 4 aromatic rings. The van der Waals surface area contributed by atoms with Crippen molar-refractivity contribution in [3.05, 3.63) is 72.3 Å². The number of ether oxygens (including phenoxy) is 1. The molecule has 1 heterocycles. The zero-order valence-corrected chi connectivity index (χ0v) is 19.6. The molecule has 0 saturated heterocycles. The normalized spacial score (nSPS) is 11.6. The molecule has 0 atom stereocenters. The first kappa shape index (κ1) is 23.0. The number of fused-ring (bicyclic) bond motifs is 3. The third kappa shape index (κ3) is 5.09. The van der Waals surface area contributed by atoms with Crippen LogP contribution >= 0.6 is 0 Å². The second kappa shape index (κ2) is 10.2. The third-order valence-electron chi connectivity index (χ3n) is 5.61. The Morgan fingerprint density at radius 2 is 1.68 bits per heavy atom. The summed E-state index contributed by atoms with van der Waals surface area (Å²) in [7, 11) is 0. The number of rotatable bonds is 8. The second-order valence-electron chi connectivity index (χ2n) is 8.15. The number of carbonyl (C=O) groups is 2. The second-order valence-corrected chi connectivity index (χ2v) is 8.15. The van der Waals surface area contributed by atoms with Gasteiger partial charge in [0.2, 0.25) is 5.91 Å². The molecule has 34 heavy (non-hydrogen) atoms. The van der Waals surface area contributed by atoms with Crippen LogP contribution in [0.2, 0.25) is 0 Å². The van der Waals surface area contributed by atoms with E-state index >= 15 is 0 Å². The molecule has 0 radical (unpaired) electrons. The van der Waals surface area contributed by atoms with E-state index in [4.69, 9.17) is 4.74 Å². The number of carbonyl (C=O) groups excluding carboxylic acids is 2. The highest BCUT2D eigenvalue weighted by Crippen LogP contribution is 2.31. The first-order valence-corrected chi connectivity index (χ1v) is 11.3. The molecular weight excluding hydrogens is 428 g/mol. The number of amides is 2. The lowest BCUT2D eigenvalue weighted by Crippen LogP contribution is -2.26. The van der Waals surface area contributed by atoms with Crippen molar-refractivity contribution < 1.29 is 14.3 Å². The van der Waals surface area contributed by atoms with Crippen LogP contribution < -0.4 is 15.5 Å². The Kier molecular flexibility index (Phi) is 6.92. The van der Waals surface area contributed by atoms with Crippen LogP contribution in [0, 0.1) is 6.92 Å². The maximum atomic E-state index is 12.5. The number of hydrazone groups is 1. The number of para-hydroxylation sites is 2. The molecule has 0 aliphatic rings. The Balaban J connectivity index is 1.35. The molecule has 3 aromatic carbocycles. The van der Waals surface area contributed by atoms with Crippen LogP contribution in [0.15, 0.2) is 71.8 Å². The molecule has 0 spiro atoms. The van der Waals surface area contributed by atoms with Crippen LogP contribution in [0.5, 0.6) is 5.75 Å². The van der Waals surface area contributed by atoms with Crippen molar-refractivity contribution in [2.75, 3.05) is 11.9 Å². The molecule has 2 amide bonds. The van der Waals surface area contributed by atoms with Crippen molar-refractivity contribution in [2.45, 2.75) is 33.7 Å². The first-order chi connectivity index (χ1) is 16.5. The van der Waals surface area contributed by atoms with Crippen molar-refractivity contribution in [1.29, 1.82) is 0 Å². The Hall–Kier alpha value is -4.13. The molecule has 0 aliphatic carbocycles. The van der Waals surface area contributed by atoms with Gasteiger partial charge in [0.05, 0.1) is 6.42 Å². The van der Waals surface area contributed by atoms with Gasteiger partial charge in [-0.05, 0) is 56.7 Å². The van der Waals surface area contributed by atoms with E-state index < -0.39 is 0 Å². The van der Waals surface area contributed by atoms with E-state index in [-0.39, 0.29) is 24.8 Å². The van der Waals surface area contributed by atoms with E-state index in [1.165, 1.54) is 5.52 Å².